The van der Waals surface area contributed by atoms with Crippen LogP contribution in [0.1, 0.15) is 25.8 Å². The summed E-state index contributed by atoms with van der Waals surface area (Å²) in [7, 11) is 0. The molecule has 23 heavy (non-hydrogen) atoms. The standard InChI is InChI=1S/C18H26N4O/c1-4-22(5-2)11-7-10-20-14-16(13-19)18(23)21-17-9-6-8-15(3)12-17/h6,8-9,12,14,20H,4-5,7,10-11H2,1-3H3,(H,21,23)/b16-14-. The first-order valence-corrected chi connectivity index (χ1v) is 8.04. The van der Waals surface area contributed by atoms with Gasteiger partial charge in [0.15, 0.2) is 0 Å². The van der Waals surface area contributed by atoms with Gasteiger partial charge in [0.25, 0.3) is 5.91 Å². The highest BCUT2D eigenvalue weighted by atomic mass is 16.1. The van der Waals surface area contributed by atoms with E-state index in [9.17, 15) is 4.79 Å². The lowest BCUT2D eigenvalue weighted by atomic mass is 10.2. The highest BCUT2D eigenvalue weighted by Crippen LogP contribution is 2.10. The summed E-state index contributed by atoms with van der Waals surface area (Å²) in [6.45, 7) is 10.0. The molecular weight excluding hydrogens is 288 g/mol. The molecule has 0 bridgehead atoms. The topological polar surface area (TPSA) is 68.2 Å². The first kappa shape index (κ1) is 18.7. The van der Waals surface area contributed by atoms with E-state index in [2.05, 4.69) is 29.4 Å². The first-order chi connectivity index (χ1) is 11.1. The molecule has 0 atom stereocenters. The molecule has 124 valence electrons. The van der Waals surface area contributed by atoms with Crippen molar-refractivity contribution in [3.8, 4) is 6.07 Å². The van der Waals surface area contributed by atoms with E-state index in [0.717, 1.165) is 38.2 Å². The lowest BCUT2D eigenvalue weighted by molar-refractivity contribution is -0.112. The summed E-state index contributed by atoms with van der Waals surface area (Å²) < 4.78 is 0. The molecule has 0 fully saturated rings. The number of aryl methyl sites for hydroxylation is 1. The van der Waals surface area contributed by atoms with Crippen molar-refractivity contribution >= 4 is 11.6 Å². The highest BCUT2D eigenvalue weighted by Gasteiger charge is 2.09. The fourth-order valence-electron chi connectivity index (χ4n) is 2.19. The summed E-state index contributed by atoms with van der Waals surface area (Å²) in [5.41, 5.74) is 1.83. The van der Waals surface area contributed by atoms with Crippen LogP contribution in [0.4, 0.5) is 5.69 Å². The number of amides is 1. The number of carbonyl (C=O) groups excluding carboxylic acids is 1. The second kappa shape index (κ2) is 10.4. The zero-order valence-electron chi connectivity index (χ0n) is 14.2. The molecule has 5 nitrogen and oxygen atoms in total. The normalized spacial score (nSPS) is 11.2. The molecule has 0 unspecified atom stereocenters. The lowest BCUT2D eigenvalue weighted by Crippen LogP contribution is -2.26. The van der Waals surface area contributed by atoms with E-state index in [1.807, 2.05) is 31.2 Å². The van der Waals surface area contributed by atoms with Crippen molar-refractivity contribution < 1.29 is 4.79 Å². The Kier molecular flexibility index (Phi) is 8.48. The van der Waals surface area contributed by atoms with E-state index in [-0.39, 0.29) is 5.57 Å². The number of rotatable bonds is 9. The summed E-state index contributed by atoms with van der Waals surface area (Å²) in [5.74, 6) is -0.394. The minimum Gasteiger partial charge on any atom is -0.390 e. The van der Waals surface area contributed by atoms with Crippen LogP contribution < -0.4 is 10.6 Å². The van der Waals surface area contributed by atoms with E-state index in [1.54, 1.807) is 6.07 Å². The zero-order valence-corrected chi connectivity index (χ0v) is 14.2. The Bertz CT molecular complexity index is 571. The Morgan fingerprint density at radius 2 is 2.09 bits per heavy atom. The van der Waals surface area contributed by atoms with Crippen LogP contribution in [0.15, 0.2) is 36.0 Å². The number of hydrogen-bond acceptors (Lipinski definition) is 4. The second-order valence-corrected chi connectivity index (χ2v) is 5.33. The molecule has 0 spiro atoms. The number of benzene rings is 1. The van der Waals surface area contributed by atoms with Gasteiger partial charge in [-0.3, -0.25) is 4.79 Å². The monoisotopic (exact) mass is 314 g/mol. The molecule has 0 aliphatic rings. The largest absolute Gasteiger partial charge is 0.390 e. The summed E-state index contributed by atoms with van der Waals surface area (Å²) in [6, 6.07) is 9.42. The van der Waals surface area contributed by atoms with Crippen LogP contribution in [0.5, 0.6) is 0 Å². The van der Waals surface area contributed by atoms with Gasteiger partial charge >= 0.3 is 0 Å². The van der Waals surface area contributed by atoms with Gasteiger partial charge in [-0.15, -0.1) is 0 Å². The van der Waals surface area contributed by atoms with Crippen LogP contribution in [0.25, 0.3) is 0 Å². The van der Waals surface area contributed by atoms with Gasteiger partial charge in [0.05, 0.1) is 0 Å². The second-order valence-electron chi connectivity index (χ2n) is 5.33. The Hall–Kier alpha value is -2.32. The third-order valence-electron chi connectivity index (χ3n) is 3.58. The molecule has 0 saturated heterocycles. The maximum absolute atomic E-state index is 12.1. The van der Waals surface area contributed by atoms with E-state index in [0.29, 0.717) is 5.69 Å². The van der Waals surface area contributed by atoms with Crippen LogP contribution in [0.3, 0.4) is 0 Å². The van der Waals surface area contributed by atoms with E-state index < -0.39 is 5.91 Å². The molecule has 0 radical (unpaired) electrons. The predicted molar refractivity (Wildman–Crippen MR) is 93.9 cm³/mol. The number of carbonyl (C=O) groups is 1. The third kappa shape index (κ3) is 6.98. The molecule has 1 rings (SSSR count). The van der Waals surface area contributed by atoms with Gasteiger partial charge < -0.3 is 15.5 Å². The quantitative estimate of drug-likeness (QED) is 0.418. The van der Waals surface area contributed by atoms with E-state index in [4.69, 9.17) is 5.26 Å². The maximum Gasteiger partial charge on any atom is 0.267 e. The molecule has 0 aromatic heterocycles. The van der Waals surface area contributed by atoms with Gasteiger partial charge in [-0.2, -0.15) is 5.26 Å². The fraction of sp³-hybridized carbons (Fsp3) is 0.444. The number of nitrogens with zero attached hydrogens (tertiary/aromatic N) is 2. The molecule has 1 aromatic rings. The van der Waals surface area contributed by atoms with Crippen LogP contribution in [-0.2, 0) is 4.79 Å². The number of hydrogen-bond donors (Lipinski definition) is 2. The van der Waals surface area contributed by atoms with E-state index >= 15 is 0 Å². The molecule has 0 saturated carbocycles. The zero-order chi connectivity index (χ0) is 17.1. The van der Waals surface area contributed by atoms with Crippen molar-refractivity contribution in [2.24, 2.45) is 0 Å². The Morgan fingerprint density at radius 3 is 2.70 bits per heavy atom. The first-order valence-electron chi connectivity index (χ1n) is 8.04. The van der Waals surface area contributed by atoms with Crippen molar-refractivity contribution in [2.45, 2.75) is 27.2 Å². The van der Waals surface area contributed by atoms with Gasteiger partial charge in [-0.05, 0) is 50.7 Å². The number of anilines is 1. The Labute approximate surface area is 139 Å². The van der Waals surface area contributed by atoms with Crippen molar-refractivity contribution in [1.82, 2.24) is 10.2 Å². The van der Waals surface area contributed by atoms with Gasteiger partial charge in [0.1, 0.15) is 11.6 Å². The summed E-state index contributed by atoms with van der Waals surface area (Å²) in [4.78, 5) is 14.4. The molecule has 2 N–H and O–H groups in total. The summed E-state index contributed by atoms with van der Waals surface area (Å²) in [6.07, 6.45) is 2.46. The average Bonchev–Trinajstić information content (AvgIpc) is 2.54. The molecule has 1 aromatic carbocycles. The minimum atomic E-state index is -0.394. The predicted octanol–water partition coefficient (Wildman–Crippen LogP) is 2.66. The van der Waals surface area contributed by atoms with Crippen molar-refractivity contribution in [1.29, 1.82) is 5.26 Å². The molecule has 0 aliphatic carbocycles. The van der Waals surface area contributed by atoms with Crippen molar-refractivity contribution in [3.05, 3.63) is 41.6 Å². The van der Waals surface area contributed by atoms with Crippen LogP contribution in [0.2, 0.25) is 0 Å². The summed E-state index contributed by atoms with van der Waals surface area (Å²) in [5, 5.41) is 14.9. The van der Waals surface area contributed by atoms with Gasteiger partial charge in [0, 0.05) is 18.4 Å². The lowest BCUT2D eigenvalue weighted by Gasteiger charge is -2.17. The van der Waals surface area contributed by atoms with Gasteiger partial charge in [0.2, 0.25) is 0 Å². The van der Waals surface area contributed by atoms with Gasteiger partial charge in [-0.25, -0.2) is 0 Å². The average molecular weight is 314 g/mol. The minimum absolute atomic E-state index is 0.0781. The smallest absolute Gasteiger partial charge is 0.267 e. The summed E-state index contributed by atoms with van der Waals surface area (Å²) >= 11 is 0. The number of nitrogens with one attached hydrogen (secondary N) is 2. The van der Waals surface area contributed by atoms with E-state index in [1.165, 1.54) is 6.20 Å². The fourth-order valence-corrected chi connectivity index (χ4v) is 2.19. The molecule has 0 heterocycles. The van der Waals surface area contributed by atoms with Gasteiger partial charge in [-0.1, -0.05) is 26.0 Å². The Morgan fingerprint density at radius 1 is 1.35 bits per heavy atom. The Balaban J connectivity index is 2.46. The van der Waals surface area contributed by atoms with Crippen molar-refractivity contribution in [2.75, 3.05) is 31.5 Å². The molecule has 1 amide bonds. The SMILES string of the molecule is CCN(CC)CCCN/C=C(/C#N)C(=O)Nc1cccc(C)c1. The number of nitriles is 1. The van der Waals surface area contributed by atoms with Crippen LogP contribution in [-0.4, -0.2) is 37.0 Å². The third-order valence-corrected chi connectivity index (χ3v) is 3.58. The molecule has 0 aliphatic heterocycles. The van der Waals surface area contributed by atoms with Crippen LogP contribution >= 0.6 is 0 Å². The van der Waals surface area contributed by atoms with Crippen molar-refractivity contribution in [3.63, 3.8) is 0 Å². The highest BCUT2D eigenvalue weighted by molar-refractivity contribution is 6.06. The molecular formula is C18H26N4O. The maximum atomic E-state index is 12.1. The van der Waals surface area contributed by atoms with Crippen LogP contribution in [0, 0.1) is 18.3 Å². The molecule has 5 heteroatoms.